The lowest BCUT2D eigenvalue weighted by Crippen LogP contribution is -2.23. The molecule has 6 heteroatoms. The van der Waals surface area contributed by atoms with E-state index in [1.807, 2.05) is 37.3 Å². The van der Waals surface area contributed by atoms with Crippen LogP contribution in [-0.2, 0) is 4.79 Å². The van der Waals surface area contributed by atoms with Gasteiger partial charge in [0.15, 0.2) is 5.16 Å². The van der Waals surface area contributed by atoms with E-state index in [-0.39, 0.29) is 11.2 Å². The number of hydrogen-bond acceptors (Lipinski definition) is 4. The number of thioether (sulfide) groups is 1. The summed E-state index contributed by atoms with van der Waals surface area (Å²) in [6.07, 6.45) is 2.30. The average Bonchev–Trinajstić information content (AvgIpc) is 3.49. The number of aromatic nitrogens is 3. The SMILES string of the molecule is CC(Sc1nnc(C2CC2)n1-c1ccccc1)C(=O)Nc1ccc(C(C)C)cc1. The number of carbonyl (C=O) groups excluding carboxylic acids is 1. The number of amides is 1. The van der Waals surface area contributed by atoms with Gasteiger partial charge in [0.1, 0.15) is 5.82 Å². The van der Waals surface area contributed by atoms with Crippen LogP contribution in [0, 0.1) is 0 Å². The van der Waals surface area contributed by atoms with Gasteiger partial charge < -0.3 is 5.32 Å². The van der Waals surface area contributed by atoms with Gasteiger partial charge in [-0.2, -0.15) is 0 Å². The molecule has 5 nitrogen and oxygen atoms in total. The molecule has 0 saturated heterocycles. The largest absolute Gasteiger partial charge is 0.325 e. The molecule has 0 radical (unpaired) electrons. The molecule has 0 spiro atoms. The molecule has 1 aliphatic rings. The second-order valence-corrected chi connectivity index (χ2v) is 9.12. The minimum Gasteiger partial charge on any atom is -0.325 e. The quantitative estimate of drug-likeness (QED) is 0.535. The minimum atomic E-state index is -0.293. The summed E-state index contributed by atoms with van der Waals surface area (Å²) >= 11 is 1.44. The predicted molar refractivity (Wildman–Crippen MR) is 118 cm³/mol. The first-order valence-corrected chi connectivity index (χ1v) is 11.0. The van der Waals surface area contributed by atoms with Gasteiger partial charge in [-0.15, -0.1) is 10.2 Å². The molecule has 29 heavy (non-hydrogen) atoms. The Labute approximate surface area is 175 Å². The summed E-state index contributed by atoms with van der Waals surface area (Å²) in [6, 6.07) is 18.2. The van der Waals surface area contributed by atoms with Gasteiger partial charge in [-0.05, 0) is 55.5 Å². The van der Waals surface area contributed by atoms with Crippen molar-refractivity contribution in [1.29, 1.82) is 0 Å². The molecule has 0 aliphatic heterocycles. The smallest absolute Gasteiger partial charge is 0.237 e. The van der Waals surface area contributed by atoms with Gasteiger partial charge in [-0.3, -0.25) is 9.36 Å². The molecule has 1 unspecified atom stereocenters. The third-order valence-corrected chi connectivity index (χ3v) is 6.15. The average molecular weight is 407 g/mol. The van der Waals surface area contributed by atoms with Crippen molar-refractivity contribution in [1.82, 2.24) is 14.8 Å². The van der Waals surface area contributed by atoms with Crippen molar-refractivity contribution >= 4 is 23.4 Å². The zero-order valence-electron chi connectivity index (χ0n) is 17.0. The van der Waals surface area contributed by atoms with E-state index in [4.69, 9.17) is 0 Å². The Kier molecular flexibility index (Phi) is 5.72. The molecule has 3 aromatic rings. The molecular formula is C23H26N4OS. The molecule has 1 aromatic heterocycles. The second-order valence-electron chi connectivity index (χ2n) is 7.81. The lowest BCUT2D eigenvalue weighted by Gasteiger charge is -2.14. The van der Waals surface area contributed by atoms with Crippen molar-refractivity contribution in [3.63, 3.8) is 0 Å². The highest BCUT2D eigenvalue weighted by Gasteiger charge is 2.31. The van der Waals surface area contributed by atoms with Crippen molar-refractivity contribution in [2.45, 2.75) is 55.9 Å². The third-order valence-electron chi connectivity index (χ3n) is 5.11. The number of anilines is 1. The molecule has 1 N–H and O–H groups in total. The van der Waals surface area contributed by atoms with Gasteiger partial charge in [0.25, 0.3) is 0 Å². The maximum atomic E-state index is 12.7. The number of benzene rings is 2. The maximum Gasteiger partial charge on any atom is 0.237 e. The van der Waals surface area contributed by atoms with E-state index in [1.54, 1.807) is 0 Å². The number of carbonyl (C=O) groups is 1. The molecule has 2 aromatic carbocycles. The third kappa shape index (κ3) is 4.53. The van der Waals surface area contributed by atoms with Gasteiger partial charge in [0, 0.05) is 17.3 Å². The molecule has 1 saturated carbocycles. The van der Waals surface area contributed by atoms with E-state index in [1.165, 1.54) is 17.3 Å². The van der Waals surface area contributed by atoms with Crippen molar-refractivity contribution in [2.24, 2.45) is 0 Å². The first kappa shape index (κ1) is 19.7. The zero-order chi connectivity index (χ0) is 20.4. The standard InChI is InChI=1S/C23H26N4OS/c1-15(2)17-11-13-19(14-12-17)24-22(28)16(3)29-23-26-25-21(18-9-10-18)27(23)20-7-5-4-6-8-20/h4-8,11-16,18H,9-10H2,1-3H3,(H,24,28). The monoisotopic (exact) mass is 406 g/mol. The summed E-state index contributed by atoms with van der Waals surface area (Å²) in [5.41, 5.74) is 3.11. The molecule has 0 bridgehead atoms. The Morgan fingerprint density at radius 2 is 1.72 bits per heavy atom. The van der Waals surface area contributed by atoms with Gasteiger partial charge in [0.2, 0.25) is 5.91 Å². The van der Waals surface area contributed by atoms with Gasteiger partial charge in [-0.1, -0.05) is 55.9 Å². The van der Waals surface area contributed by atoms with E-state index < -0.39 is 0 Å². The van der Waals surface area contributed by atoms with Crippen LogP contribution in [0.5, 0.6) is 0 Å². The Balaban J connectivity index is 1.49. The predicted octanol–water partition coefficient (Wildman–Crippen LogP) is 5.39. The lowest BCUT2D eigenvalue weighted by molar-refractivity contribution is -0.115. The lowest BCUT2D eigenvalue weighted by atomic mass is 10.0. The first-order chi connectivity index (χ1) is 14.0. The number of hydrogen-bond donors (Lipinski definition) is 1. The van der Waals surface area contributed by atoms with Crippen molar-refractivity contribution < 1.29 is 4.79 Å². The molecule has 150 valence electrons. The van der Waals surface area contributed by atoms with Crippen molar-refractivity contribution in [2.75, 3.05) is 5.32 Å². The van der Waals surface area contributed by atoms with Gasteiger partial charge >= 0.3 is 0 Å². The minimum absolute atomic E-state index is 0.0390. The number of nitrogens with one attached hydrogen (secondary N) is 1. The highest BCUT2D eigenvalue weighted by Crippen LogP contribution is 2.41. The number of nitrogens with zero attached hydrogens (tertiary/aromatic N) is 3. The molecular weight excluding hydrogens is 380 g/mol. The van der Waals surface area contributed by atoms with Crippen LogP contribution in [0.25, 0.3) is 5.69 Å². The normalized spacial score (nSPS) is 14.8. The van der Waals surface area contributed by atoms with E-state index in [0.29, 0.717) is 11.8 Å². The van der Waals surface area contributed by atoms with Crippen LogP contribution < -0.4 is 5.32 Å². The molecule has 1 heterocycles. The summed E-state index contributed by atoms with van der Waals surface area (Å²) in [7, 11) is 0. The van der Waals surface area contributed by atoms with Crippen molar-refractivity contribution in [3.8, 4) is 5.69 Å². The highest BCUT2D eigenvalue weighted by molar-refractivity contribution is 8.00. The summed E-state index contributed by atoms with van der Waals surface area (Å²) in [5.74, 6) is 1.90. The fourth-order valence-corrected chi connectivity index (χ4v) is 4.06. The molecule has 1 atom stereocenters. The Morgan fingerprint density at radius 3 is 2.34 bits per heavy atom. The van der Waals surface area contributed by atoms with Crippen LogP contribution in [0.1, 0.15) is 56.8 Å². The summed E-state index contributed by atoms with van der Waals surface area (Å²) in [5, 5.41) is 12.3. The number of para-hydroxylation sites is 1. The van der Waals surface area contributed by atoms with Crippen LogP contribution in [0.4, 0.5) is 5.69 Å². The van der Waals surface area contributed by atoms with Crippen LogP contribution in [0.3, 0.4) is 0 Å². The Hall–Kier alpha value is -2.60. The topological polar surface area (TPSA) is 59.8 Å². The maximum absolute atomic E-state index is 12.7. The Bertz CT molecular complexity index is 978. The number of rotatable bonds is 7. The molecule has 1 fully saturated rings. The molecule has 1 amide bonds. The first-order valence-electron chi connectivity index (χ1n) is 10.1. The summed E-state index contributed by atoms with van der Waals surface area (Å²) < 4.78 is 2.10. The fourth-order valence-electron chi connectivity index (χ4n) is 3.19. The molecule has 1 aliphatic carbocycles. The van der Waals surface area contributed by atoms with Gasteiger partial charge in [-0.25, -0.2) is 0 Å². The van der Waals surface area contributed by atoms with E-state index in [2.05, 4.69) is 58.2 Å². The van der Waals surface area contributed by atoms with Crippen LogP contribution >= 0.6 is 11.8 Å². The van der Waals surface area contributed by atoms with E-state index >= 15 is 0 Å². The zero-order valence-corrected chi connectivity index (χ0v) is 17.8. The van der Waals surface area contributed by atoms with Gasteiger partial charge in [0.05, 0.1) is 5.25 Å². The summed E-state index contributed by atoms with van der Waals surface area (Å²) in [4.78, 5) is 12.7. The second kappa shape index (κ2) is 8.41. The highest BCUT2D eigenvalue weighted by atomic mass is 32.2. The van der Waals surface area contributed by atoms with Crippen LogP contribution in [-0.4, -0.2) is 25.9 Å². The summed E-state index contributed by atoms with van der Waals surface area (Å²) in [6.45, 7) is 6.22. The fraction of sp³-hybridized carbons (Fsp3) is 0.348. The Morgan fingerprint density at radius 1 is 1.03 bits per heavy atom. The van der Waals surface area contributed by atoms with Crippen molar-refractivity contribution in [3.05, 3.63) is 66.0 Å². The van der Waals surface area contributed by atoms with Crippen LogP contribution in [0.15, 0.2) is 59.8 Å². The molecule has 4 rings (SSSR count). The van der Waals surface area contributed by atoms with E-state index in [9.17, 15) is 4.79 Å². The van der Waals surface area contributed by atoms with Crippen LogP contribution in [0.2, 0.25) is 0 Å². The van der Waals surface area contributed by atoms with E-state index in [0.717, 1.165) is 35.2 Å².